The fourth-order valence-corrected chi connectivity index (χ4v) is 2.62. The van der Waals surface area contributed by atoms with E-state index in [0.717, 1.165) is 18.8 Å². The molecule has 1 unspecified atom stereocenters. The average Bonchev–Trinajstić information content (AvgIpc) is 2.39. The van der Waals surface area contributed by atoms with E-state index < -0.39 is 0 Å². The molecule has 0 aromatic heterocycles. The standard InChI is InChI=1S/C15H19FN2/c1-11-6-8-12(9-7-11)15(10-17)18-14-5-3-2-4-13(14)16/h2-5,11-12,15,18H,6-9H2,1H3. The fraction of sp³-hybridized carbons (Fsp3) is 0.533. The number of para-hydroxylation sites is 1. The van der Waals surface area contributed by atoms with Crippen molar-refractivity contribution >= 4 is 5.69 Å². The smallest absolute Gasteiger partial charge is 0.146 e. The lowest BCUT2D eigenvalue weighted by Crippen LogP contribution is -2.30. The maximum Gasteiger partial charge on any atom is 0.146 e. The van der Waals surface area contributed by atoms with E-state index in [4.69, 9.17) is 0 Å². The van der Waals surface area contributed by atoms with Crippen LogP contribution in [0.3, 0.4) is 0 Å². The highest BCUT2D eigenvalue weighted by Gasteiger charge is 2.26. The number of rotatable bonds is 3. The minimum absolute atomic E-state index is 0.283. The fourth-order valence-electron chi connectivity index (χ4n) is 2.62. The van der Waals surface area contributed by atoms with Gasteiger partial charge in [0.2, 0.25) is 0 Å². The van der Waals surface area contributed by atoms with Crippen molar-refractivity contribution in [2.45, 2.75) is 38.6 Å². The summed E-state index contributed by atoms with van der Waals surface area (Å²) in [5.41, 5.74) is 0.433. The molecular weight excluding hydrogens is 227 g/mol. The monoisotopic (exact) mass is 246 g/mol. The van der Waals surface area contributed by atoms with Gasteiger partial charge in [-0.05, 0) is 36.8 Å². The molecule has 1 aromatic rings. The number of anilines is 1. The molecule has 3 heteroatoms. The van der Waals surface area contributed by atoms with Gasteiger partial charge in [-0.15, -0.1) is 0 Å². The molecular formula is C15H19FN2. The number of nitriles is 1. The highest BCUT2D eigenvalue weighted by Crippen LogP contribution is 2.31. The van der Waals surface area contributed by atoms with Crippen LogP contribution in [0.1, 0.15) is 32.6 Å². The van der Waals surface area contributed by atoms with Gasteiger partial charge in [-0.3, -0.25) is 0 Å². The second kappa shape index (κ2) is 5.86. The molecule has 96 valence electrons. The Morgan fingerprint density at radius 2 is 1.94 bits per heavy atom. The van der Waals surface area contributed by atoms with Crippen LogP contribution < -0.4 is 5.32 Å². The van der Waals surface area contributed by atoms with Crippen LogP contribution in [0.25, 0.3) is 0 Å². The van der Waals surface area contributed by atoms with Crippen LogP contribution in [-0.4, -0.2) is 6.04 Å². The molecule has 0 spiro atoms. The zero-order chi connectivity index (χ0) is 13.0. The zero-order valence-electron chi connectivity index (χ0n) is 10.7. The highest BCUT2D eigenvalue weighted by atomic mass is 19.1. The van der Waals surface area contributed by atoms with E-state index in [0.29, 0.717) is 11.6 Å². The lowest BCUT2D eigenvalue weighted by Gasteiger charge is -2.30. The molecule has 0 bridgehead atoms. The Labute approximate surface area is 108 Å². The zero-order valence-corrected chi connectivity index (χ0v) is 10.7. The quantitative estimate of drug-likeness (QED) is 0.876. The van der Waals surface area contributed by atoms with Crippen LogP contribution in [0.4, 0.5) is 10.1 Å². The molecule has 1 aliphatic rings. The number of hydrogen-bond acceptors (Lipinski definition) is 2. The molecule has 1 atom stereocenters. The van der Waals surface area contributed by atoms with Gasteiger partial charge in [-0.1, -0.05) is 31.9 Å². The van der Waals surface area contributed by atoms with Crippen LogP contribution >= 0.6 is 0 Å². The van der Waals surface area contributed by atoms with E-state index >= 15 is 0 Å². The van der Waals surface area contributed by atoms with E-state index in [1.165, 1.54) is 18.9 Å². The van der Waals surface area contributed by atoms with Crippen molar-refractivity contribution in [3.63, 3.8) is 0 Å². The Balaban J connectivity index is 2.02. The number of halogens is 1. The van der Waals surface area contributed by atoms with Crippen molar-refractivity contribution in [2.24, 2.45) is 11.8 Å². The Morgan fingerprint density at radius 3 is 2.56 bits per heavy atom. The first-order valence-electron chi connectivity index (χ1n) is 6.61. The van der Waals surface area contributed by atoms with Crippen molar-refractivity contribution < 1.29 is 4.39 Å². The number of benzene rings is 1. The number of nitrogens with one attached hydrogen (secondary N) is 1. The van der Waals surface area contributed by atoms with Gasteiger partial charge < -0.3 is 5.32 Å². The molecule has 0 heterocycles. The molecule has 0 radical (unpaired) electrons. The lowest BCUT2D eigenvalue weighted by atomic mass is 9.79. The van der Waals surface area contributed by atoms with Gasteiger partial charge in [0, 0.05) is 0 Å². The summed E-state index contributed by atoms with van der Waals surface area (Å²) in [5.74, 6) is 0.807. The molecule has 0 amide bonds. The Kier molecular flexibility index (Phi) is 4.19. The molecule has 1 aliphatic carbocycles. The van der Waals surface area contributed by atoms with E-state index in [9.17, 15) is 9.65 Å². The third-order valence-electron chi connectivity index (χ3n) is 3.86. The largest absolute Gasteiger partial charge is 0.367 e. The molecule has 2 nitrogen and oxygen atoms in total. The van der Waals surface area contributed by atoms with Gasteiger partial charge in [-0.25, -0.2) is 4.39 Å². The predicted molar refractivity (Wildman–Crippen MR) is 70.5 cm³/mol. The normalized spacial score (nSPS) is 25.2. The summed E-state index contributed by atoms with van der Waals surface area (Å²) in [4.78, 5) is 0. The molecule has 1 fully saturated rings. The first-order valence-corrected chi connectivity index (χ1v) is 6.61. The molecule has 1 aromatic carbocycles. The van der Waals surface area contributed by atoms with Crippen LogP contribution in [0.5, 0.6) is 0 Å². The van der Waals surface area contributed by atoms with Gasteiger partial charge in [-0.2, -0.15) is 5.26 Å². The van der Waals surface area contributed by atoms with Gasteiger partial charge in [0.25, 0.3) is 0 Å². The Bertz CT molecular complexity index is 430. The van der Waals surface area contributed by atoms with Crippen LogP contribution in [0.15, 0.2) is 24.3 Å². The molecule has 0 saturated heterocycles. The highest BCUT2D eigenvalue weighted by molar-refractivity contribution is 5.46. The summed E-state index contributed by atoms with van der Waals surface area (Å²) in [6.07, 6.45) is 4.45. The molecule has 0 aliphatic heterocycles. The summed E-state index contributed by atoms with van der Waals surface area (Å²) < 4.78 is 13.5. The average molecular weight is 246 g/mol. The van der Waals surface area contributed by atoms with Gasteiger partial charge in [0.1, 0.15) is 11.9 Å². The van der Waals surface area contributed by atoms with E-state index in [1.807, 2.05) is 0 Å². The van der Waals surface area contributed by atoms with Gasteiger partial charge in [0.05, 0.1) is 11.8 Å². The Hall–Kier alpha value is -1.56. The third-order valence-corrected chi connectivity index (χ3v) is 3.86. The Morgan fingerprint density at radius 1 is 1.28 bits per heavy atom. The van der Waals surface area contributed by atoms with Crippen molar-refractivity contribution in [3.05, 3.63) is 30.1 Å². The maximum atomic E-state index is 13.5. The van der Waals surface area contributed by atoms with Gasteiger partial charge in [0.15, 0.2) is 0 Å². The predicted octanol–water partition coefficient (Wildman–Crippen LogP) is 3.96. The van der Waals surface area contributed by atoms with Crippen molar-refractivity contribution in [3.8, 4) is 6.07 Å². The first kappa shape index (κ1) is 12.9. The first-order chi connectivity index (χ1) is 8.70. The van der Waals surface area contributed by atoms with E-state index in [1.54, 1.807) is 18.2 Å². The molecule has 1 saturated carbocycles. The van der Waals surface area contributed by atoms with Gasteiger partial charge >= 0.3 is 0 Å². The summed E-state index contributed by atoms with van der Waals surface area (Å²) in [5, 5.41) is 12.3. The summed E-state index contributed by atoms with van der Waals surface area (Å²) in [7, 11) is 0. The summed E-state index contributed by atoms with van der Waals surface area (Å²) in [6, 6.07) is 8.54. The van der Waals surface area contributed by atoms with E-state index in [2.05, 4.69) is 18.3 Å². The third kappa shape index (κ3) is 3.01. The minimum atomic E-state index is -0.290. The topological polar surface area (TPSA) is 35.8 Å². The molecule has 2 rings (SSSR count). The SMILES string of the molecule is CC1CCC(C(C#N)Nc2ccccc2F)CC1. The van der Waals surface area contributed by atoms with E-state index in [-0.39, 0.29) is 11.9 Å². The molecule has 18 heavy (non-hydrogen) atoms. The van der Waals surface area contributed by atoms with Crippen LogP contribution in [-0.2, 0) is 0 Å². The van der Waals surface area contributed by atoms with Crippen molar-refractivity contribution in [2.75, 3.05) is 5.32 Å². The second-order valence-corrected chi connectivity index (χ2v) is 5.25. The maximum absolute atomic E-state index is 13.5. The van der Waals surface area contributed by atoms with Crippen LogP contribution in [0, 0.1) is 29.0 Å². The number of nitrogens with zero attached hydrogens (tertiary/aromatic N) is 1. The number of hydrogen-bond donors (Lipinski definition) is 1. The second-order valence-electron chi connectivity index (χ2n) is 5.25. The molecule has 1 N–H and O–H groups in total. The van der Waals surface area contributed by atoms with Crippen molar-refractivity contribution in [1.29, 1.82) is 5.26 Å². The summed E-state index contributed by atoms with van der Waals surface area (Å²) in [6.45, 7) is 2.25. The summed E-state index contributed by atoms with van der Waals surface area (Å²) >= 11 is 0. The minimum Gasteiger partial charge on any atom is -0.367 e. The lowest BCUT2D eigenvalue weighted by molar-refractivity contribution is 0.282. The van der Waals surface area contributed by atoms with Crippen LogP contribution in [0.2, 0.25) is 0 Å². The van der Waals surface area contributed by atoms with Crippen molar-refractivity contribution in [1.82, 2.24) is 0 Å².